The predicted octanol–water partition coefficient (Wildman–Crippen LogP) is 0.415. The predicted molar refractivity (Wildman–Crippen MR) is 38.2 cm³/mol. The van der Waals surface area contributed by atoms with Crippen LogP contribution in [0.15, 0.2) is 0 Å². The molecule has 1 aliphatic heterocycles. The molecule has 2 unspecified atom stereocenters. The van der Waals surface area contributed by atoms with Gasteiger partial charge in [0.1, 0.15) is 6.04 Å². The molecule has 0 aromatic heterocycles. The van der Waals surface area contributed by atoms with Crippen molar-refractivity contribution in [2.24, 2.45) is 0 Å². The molecular weight excluding hydrogens is 146 g/mol. The first-order valence-corrected chi connectivity index (χ1v) is 3.46. The highest BCUT2D eigenvalue weighted by Crippen LogP contribution is 2.28. The van der Waals surface area contributed by atoms with E-state index >= 15 is 0 Å². The second-order valence-electron chi connectivity index (χ2n) is 2.67. The van der Waals surface area contributed by atoms with Gasteiger partial charge in [-0.15, -0.1) is 0 Å². The Morgan fingerprint density at radius 3 is 2.27 bits per heavy atom. The first kappa shape index (κ1) is 8.04. The van der Waals surface area contributed by atoms with E-state index in [2.05, 4.69) is 4.74 Å². The smallest absolute Gasteiger partial charge is 0.410 e. The number of methoxy groups -OCH3 is 1. The number of Topliss-reactive ketones (excluding diaryl/α,β-unsaturated/α-hetero) is 1. The summed E-state index contributed by atoms with van der Waals surface area (Å²) >= 11 is 0. The molecule has 1 aliphatic rings. The normalized spacial score (nSPS) is 28.1. The molecule has 11 heavy (non-hydrogen) atoms. The Morgan fingerprint density at radius 1 is 1.45 bits per heavy atom. The highest BCUT2D eigenvalue weighted by atomic mass is 16.5. The molecule has 1 saturated heterocycles. The van der Waals surface area contributed by atoms with Crippen molar-refractivity contribution in [3.8, 4) is 0 Å². The van der Waals surface area contributed by atoms with Crippen molar-refractivity contribution in [1.82, 2.24) is 4.90 Å². The third-order valence-electron chi connectivity index (χ3n) is 1.91. The molecule has 4 heteroatoms. The van der Waals surface area contributed by atoms with Crippen molar-refractivity contribution in [1.29, 1.82) is 0 Å². The fourth-order valence-electron chi connectivity index (χ4n) is 1.27. The van der Waals surface area contributed by atoms with E-state index in [1.807, 2.05) is 6.92 Å². The molecule has 62 valence electrons. The maximum Gasteiger partial charge on any atom is 0.410 e. The van der Waals surface area contributed by atoms with Crippen molar-refractivity contribution in [3.05, 3.63) is 0 Å². The van der Waals surface area contributed by atoms with Crippen LogP contribution in [-0.2, 0) is 9.53 Å². The summed E-state index contributed by atoms with van der Waals surface area (Å²) in [5.74, 6) is 0.0166. The van der Waals surface area contributed by atoms with Crippen LogP contribution in [0.4, 0.5) is 4.79 Å². The van der Waals surface area contributed by atoms with Gasteiger partial charge in [0, 0.05) is 0 Å². The van der Waals surface area contributed by atoms with Crippen molar-refractivity contribution in [2.45, 2.75) is 25.9 Å². The van der Waals surface area contributed by atoms with Crippen LogP contribution in [0.3, 0.4) is 0 Å². The molecule has 0 bridgehead atoms. The summed E-state index contributed by atoms with van der Waals surface area (Å²) in [6.07, 6.45) is -0.419. The number of ether oxygens (including phenoxy) is 1. The minimum Gasteiger partial charge on any atom is -0.453 e. The van der Waals surface area contributed by atoms with Crippen LogP contribution in [0.25, 0.3) is 0 Å². The van der Waals surface area contributed by atoms with Crippen LogP contribution < -0.4 is 0 Å². The van der Waals surface area contributed by atoms with Crippen molar-refractivity contribution < 1.29 is 14.3 Å². The third-order valence-corrected chi connectivity index (χ3v) is 1.91. The number of hydrogen-bond donors (Lipinski definition) is 0. The maximum atomic E-state index is 10.9. The van der Waals surface area contributed by atoms with E-state index in [1.54, 1.807) is 0 Å². The van der Waals surface area contributed by atoms with Crippen molar-refractivity contribution >= 4 is 11.9 Å². The molecule has 1 rings (SSSR count). The fraction of sp³-hybridized carbons (Fsp3) is 0.714. The lowest BCUT2D eigenvalue weighted by Gasteiger charge is -1.98. The van der Waals surface area contributed by atoms with Crippen molar-refractivity contribution in [3.63, 3.8) is 0 Å². The van der Waals surface area contributed by atoms with Crippen LogP contribution in [0.2, 0.25) is 0 Å². The zero-order valence-corrected chi connectivity index (χ0v) is 6.83. The lowest BCUT2D eigenvalue weighted by Crippen LogP contribution is -2.16. The standard InChI is InChI=1S/C7H11NO3/c1-4-6(5(2)9)8(4)7(10)11-3/h4,6H,1-3H3. The van der Waals surface area contributed by atoms with Gasteiger partial charge in [-0.2, -0.15) is 0 Å². The Hall–Kier alpha value is -1.06. The number of rotatable bonds is 1. The van der Waals surface area contributed by atoms with Gasteiger partial charge < -0.3 is 4.74 Å². The summed E-state index contributed by atoms with van der Waals surface area (Å²) < 4.78 is 4.46. The largest absolute Gasteiger partial charge is 0.453 e. The zero-order chi connectivity index (χ0) is 8.59. The Labute approximate surface area is 65.1 Å². The lowest BCUT2D eigenvalue weighted by atomic mass is 10.3. The van der Waals surface area contributed by atoms with Gasteiger partial charge in [0.25, 0.3) is 0 Å². The summed E-state index contributed by atoms with van der Waals surface area (Å²) in [4.78, 5) is 23.1. The summed E-state index contributed by atoms with van der Waals surface area (Å²) in [5.41, 5.74) is 0. The molecule has 1 fully saturated rings. The van der Waals surface area contributed by atoms with Gasteiger partial charge in [-0.25, -0.2) is 4.79 Å². The summed E-state index contributed by atoms with van der Waals surface area (Å²) in [7, 11) is 1.31. The lowest BCUT2D eigenvalue weighted by molar-refractivity contribution is -0.117. The van der Waals surface area contributed by atoms with Crippen LogP contribution in [0.1, 0.15) is 13.8 Å². The van der Waals surface area contributed by atoms with E-state index in [0.717, 1.165) is 0 Å². The number of amides is 1. The van der Waals surface area contributed by atoms with Gasteiger partial charge in [0.15, 0.2) is 5.78 Å². The summed E-state index contributed by atoms with van der Waals surface area (Å²) in [6, 6.07) is -0.234. The van der Waals surface area contributed by atoms with Gasteiger partial charge in [0.05, 0.1) is 13.2 Å². The van der Waals surface area contributed by atoms with Crippen LogP contribution in [-0.4, -0.2) is 36.0 Å². The molecule has 0 spiro atoms. The maximum absolute atomic E-state index is 10.9. The molecule has 0 aromatic carbocycles. The third kappa shape index (κ3) is 1.20. The van der Waals surface area contributed by atoms with Crippen LogP contribution >= 0.6 is 0 Å². The van der Waals surface area contributed by atoms with E-state index in [9.17, 15) is 9.59 Å². The topological polar surface area (TPSA) is 46.4 Å². The number of hydrogen-bond acceptors (Lipinski definition) is 3. The van der Waals surface area contributed by atoms with Gasteiger partial charge in [-0.3, -0.25) is 9.69 Å². The second-order valence-corrected chi connectivity index (χ2v) is 2.67. The first-order valence-electron chi connectivity index (χ1n) is 3.46. The number of ketones is 1. The molecule has 0 saturated carbocycles. The SMILES string of the molecule is COC(=O)N1C(C)C1C(C)=O. The Kier molecular flexibility index (Phi) is 1.85. The second kappa shape index (κ2) is 2.53. The Balaban J connectivity index is 2.54. The summed E-state index contributed by atoms with van der Waals surface area (Å²) in [5, 5.41) is 0. The quantitative estimate of drug-likeness (QED) is 0.518. The van der Waals surface area contributed by atoms with Crippen molar-refractivity contribution in [2.75, 3.05) is 7.11 Å². The average molecular weight is 157 g/mol. The molecule has 0 aromatic rings. The first-order chi connectivity index (χ1) is 5.09. The molecule has 2 atom stereocenters. The number of carbonyl (C=O) groups is 2. The molecule has 4 nitrogen and oxygen atoms in total. The fourth-order valence-corrected chi connectivity index (χ4v) is 1.27. The summed E-state index contributed by atoms with van der Waals surface area (Å²) in [6.45, 7) is 3.30. The molecule has 0 N–H and O–H groups in total. The van der Waals surface area contributed by atoms with Crippen LogP contribution in [0, 0.1) is 0 Å². The van der Waals surface area contributed by atoms with E-state index < -0.39 is 6.09 Å². The molecule has 0 aliphatic carbocycles. The molecule has 1 heterocycles. The van der Waals surface area contributed by atoms with E-state index in [-0.39, 0.29) is 17.9 Å². The van der Waals surface area contributed by atoms with E-state index in [1.165, 1.54) is 18.9 Å². The molecular formula is C7H11NO3. The van der Waals surface area contributed by atoms with Gasteiger partial charge in [0.2, 0.25) is 0 Å². The number of nitrogens with zero attached hydrogens (tertiary/aromatic N) is 1. The molecule has 1 amide bonds. The average Bonchev–Trinajstić information content (AvgIpc) is 2.60. The minimum absolute atomic E-state index is 0.0138. The number of carbonyl (C=O) groups excluding carboxylic acids is 2. The van der Waals surface area contributed by atoms with Gasteiger partial charge >= 0.3 is 6.09 Å². The highest BCUT2D eigenvalue weighted by Gasteiger charge is 2.51. The van der Waals surface area contributed by atoms with E-state index in [0.29, 0.717) is 0 Å². The molecule has 0 radical (unpaired) electrons. The highest BCUT2D eigenvalue weighted by molar-refractivity contribution is 5.91. The monoisotopic (exact) mass is 157 g/mol. The van der Waals surface area contributed by atoms with Gasteiger partial charge in [-0.05, 0) is 13.8 Å². The Bertz CT molecular complexity index is 202. The van der Waals surface area contributed by atoms with Gasteiger partial charge in [-0.1, -0.05) is 0 Å². The van der Waals surface area contributed by atoms with E-state index in [4.69, 9.17) is 0 Å². The van der Waals surface area contributed by atoms with Crippen LogP contribution in [0.5, 0.6) is 0 Å². The zero-order valence-electron chi connectivity index (χ0n) is 6.83. The Morgan fingerprint density at radius 2 is 2.00 bits per heavy atom. The minimum atomic E-state index is -0.419.